The van der Waals surface area contributed by atoms with Crippen molar-refractivity contribution in [2.24, 2.45) is 5.73 Å². The molecule has 1 saturated heterocycles. The van der Waals surface area contributed by atoms with Gasteiger partial charge in [-0.2, -0.15) is 0 Å². The summed E-state index contributed by atoms with van der Waals surface area (Å²) < 4.78 is 0. The van der Waals surface area contributed by atoms with Crippen LogP contribution in [-0.4, -0.2) is 42.6 Å². The van der Waals surface area contributed by atoms with E-state index in [1.165, 1.54) is 37.2 Å². The Morgan fingerprint density at radius 3 is 2.60 bits per heavy atom. The van der Waals surface area contributed by atoms with E-state index >= 15 is 0 Å². The second-order valence-electron chi connectivity index (χ2n) is 5.66. The molecule has 20 heavy (non-hydrogen) atoms. The first-order valence-electron chi connectivity index (χ1n) is 7.38. The van der Waals surface area contributed by atoms with Crippen LogP contribution in [0.5, 0.6) is 0 Å². The highest BCUT2D eigenvalue weighted by molar-refractivity contribution is 7.80. The lowest BCUT2D eigenvalue weighted by molar-refractivity contribution is 0.221. The van der Waals surface area contributed by atoms with Gasteiger partial charge in [0.05, 0.1) is 0 Å². The quantitative estimate of drug-likeness (QED) is 0.864. The molecule has 3 nitrogen and oxygen atoms in total. The highest BCUT2D eigenvalue weighted by atomic mass is 32.1. The molecular formula is C16H25N3S. The zero-order valence-electron chi connectivity index (χ0n) is 12.7. The number of nitrogens with zero attached hydrogens (tertiary/aromatic N) is 2. The molecule has 0 bridgehead atoms. The van der Waals surface area contributed by atoms with E-state index in [2.05, 4.69) is 42.8 Å². The number of benzene rings is 1. The van der Waals surface area contributed by atoms with Crippen molar-refractivity contribution in [2.45, 2.75) is 32.7 Å². The summed E-state index contributed by atoms with van der Waals surface area (Å²) in [7, 11) is 2.17. The SMILES string of the molecule is CCN1CCC(N(C)c2cc(C)ccc2C(N)=S)CC1. The van der Waals surface area contributed by atoms with E-state index in [1.54, 1.807) is 0 Å². The van der Waals surface area contributed by atoms with Crippen molar-refractivity contribution in [3.05, 3.63) is 29.3 Å². The van der Waals surface area contributed by atoms with Gasteiger partial charge in [0, 0.05) is 37.4 Å². The van der Waals surface area contributed by atoms with E-state index in [1.807, 2.05) is 6.07 Å². The van der Waals surface area contributed by atoms with Crippen molar-refractivity contribution < 1.29 is 0 Å². The monoisotopic (exact) mass is 291 g/mol. The molecule has 110 valence electrons. The molecule has 1 heterocycles. The van der Waals surface area contributed by atoms with Gasteiger partial charge in [0.25, 0.3) is 0 Å². The average Bonchev–Trinajstić information content (AvgIpc) is 2.46. The van der Waals surface area contributed by atoms with Gasteiger partial charge in [-0.3, -0.25) is 0 Å². The van der Waals surface area contributed by atoms with Gasteiger partial charge in [-0.15, -0.1) is 0 Å². The van der Waals surface area contributed by atoms with Crippen molar-refractivity contribution in [3.63, 3.8) is 0 Å². The van der Waals surface area contributed by atoms with Crippen LogP contribution < -0.4 is 10.6 Å². The number of nitrogens with two attached hydrogens (primary N) is 1. The zero-order chi connectivity index (χ0) is 14.7. The molecule has 0 saturated carbocycles. The van der Waals surface area contributed by atoms with Crippen molar-refractivity contribution in [2.75, 3.05) is 31.6 Å². The molecule has 1 aliphatic heterocycles. The fraction of sp³-hybridized carbons (Fsp3) is 0.562. The molecule has 1 aliphatic rings. The highest BCUT2D eigenvalue weighted by Crippen LogP contribution is 2.26. The normalized spacial score (nSPS) is 17.1. The Balaban J connectivity index is 2.18. The Morgan fingerprint density at radius 2 is 2.05 bits per heavy atom. The summed E-state index contributed by atoms with van der Waals surface area (Å²) in [5.74, 6) is 0. The molecule has 0 spiro atoms. The summed E-state index contributed by atoms with van der Waals surface area (Å²) in [6.07, 6.45) is 2.41. The first-order chi connectivity index (χ1) is 9.52. The topological polar surface area (TPSA) is 32.5 Å². The number of hydrogen-bond acceptors (Lipinski definition) is 3. The van der Waals surface area contributed by atoms with E-state index in [4.69, 9.17) is 18.0 Å². The van der Waals surface area contributed by atoms with Gasteiger partial charge in [-0.1, -0.05) is 25.2 Å². The standard InChI is InChI=1S/C16H25N3S/c1-4-19-9-7-13(8-10-19)18(3)15-11-12(2)5-6-14(15)16(17)20/h5-6,11,13H,4,7-10H2,1-3H3,(H2,17,20). The Kier molecular flexibility index (Phi) is 5.00. The van der Waals surface area contributed by atoms with E-state index in [9.17, 15) is 0 Å². The summed E-state index contributed by atoms with van der Waals surface area (Å²) >= 11 is 5.19. The maximum absolute atomic E-state index is 5.87. The van der Waals surface area contributed by atoms with Crippen LogP contribution in [0.15, 0.2) is 18.2 Å². The van der Waals surface area contributed by atoms with E-state index in [0.29, 0.717) is 11.0 Å². The molecule has 2 rings (SSSR count). The molecule has 2 N–H and O–H groups in total. The van der Waals surface area contributed by atoms with Crippen LogP contribution in [0.1, 0.15) is 30.9 Å². The molecule has 0 aliphatic carbocycles. The molecular weight excluding hydrogens is 266 g/mol. The van der Waals surface area contributed by atoms with Gasteiger partial charge in [-0.05, 0) is 44.0 Å². The lowest BCUT2D eigenvalue weighted by atomic mass is 10.0. The van der Waals surface area contributed by atoms with Gasteiger partial charge < -0.3 is 15.5 Å². The number of piperidine rings is 1. The fourth-order valence-electron chi connectivity index (χ4n) is 2.96. The molecule has 1 aromatic rings. The molecule has 0 amide bonds. The van der Waals surface area contributed by atoms with Crippen LogP contribution in [0.4, 0.5) is 5.69 Å². The summed E-state index contributed by atoms with van der Waals surface area (Å²) in [5, 5.41) is 0. The van der Waals surface area contributed by atoms with Crippen molar-refractivity contribution in [1.29, 1.82) is 0 Å². The first-order valence-corrected chi connectivity index (χ1v) is 7.79. The van der Waals surface area contributed by atoms with Crippen LogP contribution in [0, 0.1) is 6.92 Å². The maximum Gasteiger partial charge on any atom is 0.106 e. The fourth-order valence-corrected chi connectivity index (χ4v) is 3.13. The van der Waals surface area contributed by atoms with E-state index in [-0.39, 0.29) is 0 Å². The highest BCUT2D eigenvalue weighted by Gasteiger charge is 2.23. The molecule has 1 aromatic carbocycles. The average molecular weight is 291 g/mol. The Hall–Kier alpha value is -1.13. The molecule has 0 atom stereocenters. The van der Waals surface area contributed by atoms with Crippen LogP contribution in [-0.2, 0) is 0 Å². The minimum atomic E-state index is 0.484. The largest absolute Gasteiger partial charge is 0.389 e. The third kappa shape index (κ3) is 3.30. The second kappa shape index (κ2) is 6.55. The van der Waals surface area contributed by atoms with Gasteiger partial charge in [-0.25, -0.2) is 0 Å². The molecule has 0 unspecified atom stereocenters. The van der Waals surface area contributed by atoms with E-state index < -0.39 is 0 Å². The maximum atomic E-state index is 5.87. The van der Waals surface area contributed by atoms with Crippen molar-refractivity contribution >= 4 is 22.9 Å². The number of anilines is 1. The number of thiocarbonyl (C=S) groups is 1. The predicted molar refractivity (Wildman–Crippen MR) is 90.6 cm³/mol. The summed E-state index contributed by atoms with van der Waals surface area (Å²) in [6, 6.07) is 6.89. The third-order valence-electron chi connectivity index (χ3n) is 4.35. The molecule has 0 radical (unpaired) electrons. The summed E-state index contributed by atoms with van der Waals surface area (Å²) in [5.41, 5.74) is 9.29. The summed E-state index contributed by atoms with van der Waals surface area (Å²) in [4.78, 5) is 5.36. The van der Waals surface area contributed by atoms with Crippen LogP contribution in [0.25, 0.3) is 0 Å². The van der Waals surface area contributed by atoms with Gasteiger partial charge in [0.1, 0.15) is 4.99 Å². The Bertz CT molecular complexity index is 479. The van der Waals surface area contributed by atoms with Gasteiger partial charge in [0.15, 0.2) is 0 Å². The van der Waals surface area contributed by atoms with Crippen LogP contribution in [0.3, 0.4) is 0 Å². The van der Waals surface area contributed by atoms with Crippen LogP contribution in [0.2, 0.25) is 0 Å². The van der Waals surface area contributed by atoms with Gasteiger partial charge in [0.2, 0.25) is 0 Å². The second-order valence-corrected chi connectivity index (χ2v) is 6.10. The Morgan fingerprint density at radius 1 is 1.40 bits per heavy atom. The lowest BCUT2D eigenvalue weighted by Crippen LogP contribution is -2.43. The lowest BCUT2D eigenvalue weighted by Gasteiger charge is -2.38. The molecule has 1 fully saturated rings. The number of hydrogen-bond donors (Lipinski definition) is 1. The zero-order valence-corrected chi connectivity index (χ0v) is 13.5. The van der Waals surface area contributed by atoms with Crippen molar-refractivity contribution in [1.82, 2.24) is 4.90 Å². The smallest absolute Gasteiger partial charge is 0.106 e. The third-order valence-corrected chi connectivity index (χ3v) is 4.57. The molecule has 0 aromatic heterocycles. The Labute approximate surface area is 127 Å². The predicted octanol–water partition coefficient (Wildman–Crippen LogP) is 2.55. The first kappa shape index (κ1) is 15.3. The minimum absolute atomic E-state index is 0.484. The summed E-state index contributed by atoms with van der Waals surface area (Å²) in [6.45, 7) is 7.86. The number of aryl methyl sites for hydroxylation is 1. The van der Waals surface area contributed by atoms with Gasteiger partial charge >= 0.3 is 0 Å². The molecule has 4 heteroatoms. The van der Waals surface area contributed by atoms with Crippen LogP contribution >= 0.6 is 12.2 Å². The number of rotatable bonds is 4. The number of likely N-dealkylation sites (tertiary alicyclic amines) is 1. The van der Waals surface area contributed by atoms with Crippen molar-refractivity contribution in [3.8, 4) is 0 Å². The van der Waals surface area contributed by atoms with E-state index in [0.717, 1.165) is 12.1 Å². The minimum Gasteiger partial charge on any atom is -0.389 e.